The third-order valence-electron chi connectivity index (χ3n) is 6.92. The highest BCUT2D eigenvalue weighted by Crippen LogP contribution is 2.48. The Morgan fingerprint density at radius 1 is 1.14 bits per heavy atom. The van der Waals surface area contributed by atoms with Crippen LogP contribution in [-0.4, -0.2) is 59.5 Å². The van der Waals surface area contributed by atoms with E-state index in [1.807, 2.05) is 25.1 Å². The van der Waals surface area contributed by atoms with Crippen molar-refractivity contribution in [3.63, 3.8) is 0 Å². The number of pyridine rings is 1. The van der Waals surface area contributed by atoms with E-state index in [0.29, 0.717) is 17.5 Å². The van der Waals surface area contributed by atoms with Crippen LogP contribution in [0.2, 0.25) is 0 Å². The Kier molecular flexibility index (Phi) is 4.35. The normalized spacial score (nSPS) is 30.9. The lowest BCUT2D eigenvalue weighted by Crippen LogP contribution is -2.60. The van der Waals surface area contributed by atoms with Crippen molar-refractivity contribution in [3.05, 3.63) is 59.4 Å². The topological polar surface area (TPSA) is 45.7 Å². The quantitative estimate of drug-likeness (QED) is 0.825. The van der Waals surface area contributed by atoms with Gasteiger partial charge < -0.3 is 9.64 Å². The lowest BCUT2D eigenvalue weighted by molar-refractivity contribution is -0.00351. The monoisotopic (exact) mass is 377 g/mol. The number of likely N-dealkylation sites (tertiary alicyclic amines) is 1. The van der Waals surface area contributed by atoms with E-state index in [2.05, 4.69) is 26.9 Å². The highest BCUT2D eigenvalue weighted by Gasteiger charge is 2.55. The summed E-state index contributed by atoms with van der Waals surface area (Å²) < 4.78 is 5.68. The molecule has 4 saturated heterocycles. The van der Waals surface area contributed by atoms with Crippen molar-refractivity contribution in [1.82, 2.24) is 14.8 Å². The maximum atomic E-state index is 13.5. The highest BCUT2D eigenvalue weighted by atomic mass is 16.5. The van der Waals surface area contributed by atoms with Gasteiger partial charge in [-0.2, -0.15) is 0 Å². The van der Waals surface area contributed by atoms with E-state index in [4.69, 9.17) is 4.74 Å². The number of para-hydroxylation sites is 1. The second-order valence-corrected chi connectivity index (χ2v) is 8.41. The molecule has 0 radical (unpaired) electrons. The predicted molar refractivity (Wildman–Crippen MR) is 108 cm³/mol. The van der Waals surface area contributed by atoms with Gasteiger partial charge in [0.25, 0.3) is 5.91 Å². The van der Waals surface area contributed by atoms with Crippen molar-refractivity contribution in [2.45, 2.75) is 37.8 Å². The number of aromatic nitrogens is 1. The second kappa shape index (κ2) is 6.89. The van der Waals surface area contributed by atoms with E-state index in [0.717, 1.165) is 30.9 Å². The third-order valence-corrected chi connectivity index (χ3v) is 6.92. The van der Waals surface area contributed by atoms with Gasteiger partial charge in [0.2, 0.25) is 0 Å². The first-order chi connectivity index (χ1) is 13.7. The van der Waals surface area contributed by atoms with Crippen LogP contribution < -0.4 is 4.74 Å². The summed E-state index contributed by atoms with van der Waals surface area (Å²) in [7, 11) is 1.74. The minimum Gasteiger partial charge on any atom is -0.496 e. The maximum absolute atomic E-state index is 13.5. The van der Waals surface area contributed by atoms with Crippen LogP contribution in [0.4, 0.5) is 0 Å². The van der Waals surface area contributed by atoms with E-state index in [9.17, 15) is 4.79 Å². The third kappa shape index (κ3) is 2.72. The van der Waals surface area contributed by atoms with Gasteiger partial charge in [-0.15, -0.1) is 0 Å². The summed E-state index contributed by atoms with van der Waals surface area (Å²) in [6.45, 7) is 5.02. The van der Waals surface area contributed by atoms with Gasteiger partial charge in [0.15, 0.2) is 0 Å². The molecular formula is C23H27N3O2. The van der Waals surface area contributed by atoms with Crippen LogP contribution in [0.3, 0.4) is 0 Å². The van der Waals surface area contributed by atoms with Crippen LogP contribution in [0.15, 0.2) is 42.7 Å². The smallest absolute Gasteiger partial charge is 0.255 e. The van der Waals surface area contributed by atoms with Crippen molar-refractivity contribution in [1.29, 1.82) is 0 Å². The summed E-state index contributed by atoms with van der Waals surface area (Å²) in [5.74, 6) is 1.93. The number of methoxy groups -OCH3 is 1. The molecule has 2 aromatic rings. The van der Waals surface area contributed by atoms with E-state index in [-0.39, 0.29) is 17.9 Å². The molecule has 4 fully saturated rings. The zero-order valence-corrected chi connectivity index (χ0v) is 16.5. The van der Waals surface area contributed by atoms with Crippen LogP contribution in [-0.2, 0) is 0 Å². The molecule has 28 heavy (non-hydrogen) atoms. The molecule has 2 bridgehead atoms. The molecule has 3 atom stereocenters. The van der Waals surface area contributed by atoms with E-state index in [1.54, 1.807) is 19.5 Å². The van der Waals surface area contributed by atoms with E-state index in [1.165, 1.54) is 18.4 Å². The molecule has 0 aliphatic carbocycles. The Bertz CT molecular complexity index is 891. The Labute approximate surface area is 166 Å². The van der Waals surface area contributed by atoms with Gasteiger partial charge in [-0.3, -0.25) is 14.7 Å². The number of hydrogen-bond acceptors (Lipinski definition) is 4. The fourth-order valence-electron chi connectivity index (χ4n) is 5.74. The van der Waals surface area contributed by atoms with Crippen molar-refractivity contribution in [2.75, 3.05) is 26.7 Å². The number of carbonyl (C=O) groups is 1. The number of ether oxygens (including phenoxy) is 1. The SMILES string of the molecule is COc1ccccc1[C@@H]1CN(C(=O)c2cncc(C)c2)[C@@H]2C3CCN(CC3)[C@@H]21. The van der Waals surface area contributed by atoms with Gasteiger partial charge in [-0.05, 0) is 56.5 Å². The van der Waals surface area contributed by atoms with Crippen LogP contribution in [0, 0.1) is 12.8 Å². The summed E-state index contributed by atoms with van der Waals surface area (Å²) in [6, 6.07) is 10.9. The number of hydrogen-bond donors (Lipinski definition) is 0. The Morgan fingerprint density at radius 3 is 2.68 bits per heavy atom. The zero-order valence-electron chi connectivity index (χ0n) is 16.5. The zero-order chi connectivity index (χ0) is 19.3. The maximum Gasteiger partial charge on any atom is 0.255 e. The fraction of sp³-hybridized carbons (Fsp3) is 0.478. The van der Waals surface area contributed by atoms with Crippen molar-refractivity contribution in [2.24, 2.45) is 5.92 Å². The first kappa shape index (κ1) is 17.7. The number of amides is 1. The predicted octanol–water partition coefficient (Wildman–Crippen LogP) is 3.10. The molecule has 1 amide bonds. The minimum atomic E-state index is 0.123. The number of nitrogens with zero attached hydrogens (tertiary/aromatic N) is 3. The number of fused-ring (bicyclic) bond motifs is 2. The average molecular weight is 377 g/mol. The van der Waals surface area contributed by atoms with Crippen molar-refractivity contribution in [3.8, 4) is 5.75 Å². The van der Waals surface area contributed by atoms with Gasteiger partial charge in [0.05, 0.1) is 18.7 Å². The lowest BCUT2D eigenvalue weighted by Gasteiger charge is -2.51. The number of carbonyl (C=O) groups excluding carboxylic acids is 1. The largest absolute Gasteiger partial charge is 0.496 e. The summed E-state index contributed by atoms with van der Waals surface area (Å²) in [5, 5.41) is 0. The molecule has 5 heteroatoms. The van der Waals surface area contributed by atoms with Gasteiger partial charge in [0.1, 0.15) is 5.75 Å². The Morgan fingerprint density at radius 2 is 1.93 bits per heavy atom. The lowest BCUT2D eigenvalue weighted by atomic mass is 9.75. The second-order valence-electron chi connectivity index (χ2n) is 8.41. The van der Waals surface area contributed by atoms with Crippen molar-refractivity contribution < 1.29 is 9.53 Å². The molecule has 4 aliphatic heterocycles. The molecule has 0 N–H and O–H groups in total. The van der Waals surface area contributed by atoms with E-state index < -0.39 is 0 Å². The van der Waals surface area contributed by atoms with Crippen LogP contribution >= 0.6 is 0 Å². The molecule has 0 unspecified atom stereocenters. The van der Waals surface area contributed by atoms with Gasteiger partial charge in [-0.25, -0.2) is 0 Å². The van der Waals surface area contributed by atoms with Gasteiger partial charge in [-0.1, -0.05) is 18.2 Å². The van der Waals surface area contributed by atoms with Gasteiger partial charge >= 0.3 is 0 Å². The standard InChI is InChI=1S/C23H27N3O2/c1-15-11-17(13-24-12-15)23(27)26-14-19(18-5-3-4-6-20(18)28-2)22-21(26)16-7-9-25(22)10-8-16/h3-6,11-13,16,19,21-22H,7-10,14H2,1-2H3/t19-,21+,22+/m0/s1. The molecule has 1 aromatic carbocycles. The molecule has 1 aromatic heterocycles. The number of benzene rings is 1. The van der Waals surface area contributed by atoms with Crippen molar-refractivity contribution >= 4 is 5.91 Å². The molecule has 146 valence electrons. The molecule has 6 rings (SSSR count). The fourth-order valence-corrected chi connectivity index (χ4v) is 5.74. The Hall–Kier alpha value is -2.40. The molecular weight excluding hydrogens is 350 g/mol. The van der Waals surface area contributed by atoms with E-state index >= 15 is 0 Å². The molecule has 0 spiro atoms. The molecule has 4 aliphatic rings. The average Bonchev–Trinajstić information content (AvgIpc) is 3.16. The number of rotatable bonds is 3. The summed E-state index contributed by atoms with van der Waals surface area (Å²) in [4.78, 5) is 22.5. The number of piperidine rings is 3. The molecule has 5 nitrogen and oxygen atoms in total. The summed E-state index contributed by atoms with van der Waals surface area (Å²) in [5.41, 5.74) is 2.96. The molecule has 0 saturated carbocycles. The number of aryl methyl sites for hydroxylation is 1. The van der Waals surface area contributed by atoms with Crippen LogP contribution in [0.1, 0.15) is 40.2 Å². The van der Waals surface area contributed by atoms with Gasteiger partial charge in [0, 0.05) is 36.5 Å². The first-order valence-electron chi connectivity index (χ1n) is 10.3. The van der Waals surface area contributed by atoms with Crippen LogP contribution in [0.5, 0.6) is 5.75 Å². The summed E-state index contributed by atoms with van der Waals surface area (Å²) >= 11 is 0. The Balaban J connectivity index is 1.55. The highest BCUT2D eigenvalue weighted by molar-refractivity contribution is 5.94. The van der Waals surface area contributed by atoms with Crippen LogP contribution in [0.25, 0.3) is 0 Å². The minimum absolute atomic E-state index is 0.123. The molecule has 5 heterocycles. The summed E-state index contributed by atoms with van der Waals surface area (Å²) in [6.07, 6.45) is 5.89. The first-order valence-corrected chi connectivity index (χ1v) is 10.3.